The SMILES string of the molecule is O=C(O)CCNC(=O)c1ccc(OC(CC2CCCCC2)c2ccc(-c3ccccc3)c(C(F)(F)F)c2)cc1. The van der Waals surface area contributed by atoms with Gasteiger partial charge in [-0.1, -0.05) is 74.6 Å². The van der Waals surface area contributed by atoms with Gasteiger partial charge >= 0.3 is 12.1 Å². The number of rotatable bonds is 10. The summed E-state index contributed by atoms with van der Waals surface area (Å²) in [6, 6.07) is 19.3. The molecule has 1 unspecified atom stereocenters. The summed E-state index contributed by atoms with van der Waals surface area (Å²) < 4.78 is 48.9. The summed E-state index contributed by atoms with van der Waals surface area (Å²) >= 11 is 0. The van der Waals surface area contributed by atoms with E-state index in [0.717, 1.165) is 25.7 Å². The van der Waals surface area contributed by atoms with Crippen LogP contribution >= 0.6 is 0 Å². The number of nitrogens with one attached hydrogen (secondary N) is 1. The zero-order valence-corrected chi connectivity index (χ0v) is 21.5. The van der Waals surface area contributed by atoms with Gasteiger partial charge in [0.15, 0.2) is 0 Å². The fraction of sp³-hybridized carbons (Fsp3) is 0.355. The quantitative estimate of drug-likeness (QED) is 0.277. The van der Waals surface area contributed by atoms with E-state index < -0.39 is 29.7 Å². The van der Waals surface area contributed by atoms with Crippen molar-refractivity contribution in [3.05, 3.63) is 89.5 Å². The standard InChI is InChI=1S/C31H32F3NO4/c32-31(33,34)27-20-24(13-16-26(27)22-9-5-2-6-10-22)28(19-21-7-3-1-4-8-21)39-25-14-11-23(12-15-25)30(38)35-18-17-29(36)37/h2,5-6,9-16,20-21,28H,1,3-4,7-8,17-19H2,(H,35,38)(H,36,37). The molecule has 0 saturated heterocycles. The zero-order chi connectivity index (χ0) is 27.8. The van der Waals surface area contributed by atoms with Crippen LogP contribution in [0, 0.1) is 5.92 Å². The smallest absolute Gasteiger partial charge is 0.417 e. The number of halogens is 3. The number of aliphatic carboxylic acids is 1. The second kappa shape index (κ2) is 12.8. The Bertz CT molecular complexity index is 1250. The Labute approximate surface area is 226 Å². The van der Waals surface area contributed by atoms with Crippen molar-refractivity contribution in [3.63, 3.8) is 0 Å². The summed E-state index contributed by atoms with van der Waals surface area (Å²) in [4.78, 5) is 22.9. The van der Waals surface area contributed by atoms with Crippen LogP contribution in [0.1, 0.15) is 72.5 Å². The normalized spacial score (nSPS) is 14.9. The maximum atomic E-state index is 14.2. The molecular formula is C31H32F3NO4. The molecule has 1 aliphatic rings. The first-order chi connectivity index (χ1) is 18.7. The van der Waals surface area contributed by atoms with E-state index >= 15 is 0 Å². The number of carbonyl (C=O) groups excluding carboxylic acids is 1. The average molecular weight is 540 g/mol. The number of carboxylic acid groups (broad SMARTS) is 1. The van der Waals surface area contributed by atoms with Gasteiger partial charge in [0, 0.05) is 12.1 Å². The van der Waals surface area contributed by atoms with Gasteiger partial charge in [0.05, 0.1) is 12.0 Å². The van der Waals surface area contributed by atoms with E-state index in [0.29, 0.717) is 34.8 Å². The first-order valence-electron chi connectivity index (χ1n) is 13.2. The van der Waals surface area contributed by atoms with Crippen molar-refractivity contribution in [2.45, 2.75) is 57.2 Å². The molecule has 1 atom stereocenters. The molecule has 0 heterocycles. The van der Waals surface area contributed by atoms with Crippen LogP contribution in [0.25, 0.3) is 11.1 Å². The summed E-state index contributed by atoms with van der Waals surface area (Å²) in [7, 11) is 0. The predicted molar refractivity (Wildman–Crippen MR) is 142 cm³/mol. The lowest BCUT2D eigenvalue weighted by atomic mass is 9.83. The van der Waals surface area contributed by atoms with E-state index in [9.17, 15) is 22.8 Å². The number of hydrogen-bond acceptors (Lipinski definition) is 3. The van der Waals surface area contributed by atoms with Crippen molar-refractivity contribution < 1.29 is 32.6 Å². The molecule has 1 fully saturated rings. The number of carbonyl (C=O) groups is 2. The van der Waals surface area contributed by atoms with Gasteiger partial charge in [0.1, 0.15) is 11.9 Å². The van der Waals surface area contributed by atoms with Crippen LogP contribution in [0.4, 0.5) is 13.2 Å². The largest absolute Gasteiger partial charge is 0.486 e. The zero-order valence-electron chi connectivity index (χ0n) is 21.5. The Morgan fingerprint density at radius 1 is 0.949 bits per heavy atom. The summed E-state index contributed by atoms with van der Waals surface area (Å²) in [6.45, 7) is 0.0103. The summed E-state index contributed by atoms with van der Waals surface area (Å²) in [5.41, 5.74) is 0.725. The maximum absolute atomic E-state index is 14.2. The third-order valence-electron chi connectivity index (χ3n) is 7.10. The molecule has 0 bridgehead atoms. The molecule has 0 aliphatic heterocycles. The minimum absolute atomic E-state index is 0.0103. The Morgan fingerprint density at radius 3 is 2.28 bits per heavy atom. The van der Waals surface area contributed by atoms with Gasteiger partial charge in [-0.2, -0.15) is 13.2 Å². The molecule has 206 valence electrons. The third-order valence-corrected chi connectivity index (χ3v) is 7.10. The van der Waals surface area contributed by atoms with Crippen molar-refractivity contribution in [2.24, 2.45) is 5.92 Å². The van der Waals surface area contributed by atoms with Gasteiger partial charge in [-0.15, -0.1) is 0 Å². The van der Waals surface area contributed by atoms with E-state index in [1.54, 1.807) is 60.7 Å². The van der Waals surface area contributed by atoms with Crippen molar-refractivity contribution in [2.75, 3.05) is 6.54 Å². The van der Waals surface area contributed by atoms with E-state index in [1.165, 1.54) is 18.6 Å². The molecule has 39 heavy (non-hydrogen) atoms. The van der Waals surface area contributed by atoms with Crippen molar-refractivity contribution in [1.29, 1.82) is 0 Å². The van der Waals surface area contributed by atoms with Gasteiger partial charge in [-0.3, -0.25) is 9.59 Å². The third kappa shape index (κ3) is 7.85. The topological polar surface area (TPSA) is 75.6 Å². The van der Waals surface area contributed by atoms with E-state index in [2.05, 4.69) is 5.32 Å². The average Bonchev–Trinajstić information content (AvgIpc) is 2.93. The molecule has 4 rings (SSSR count). The molecular weight excluding hydrogens is 507 g/mol. The first kappa shape index (κ1) is 28.2. The summed E-state index contributed by atoms with van der Waals surface area (Å²) in [6.07, 6.45) is 0.696. The molecule has 1 aliphatic carbocycles. The Hall–Kier alpha value is -3.81. The lowest BCUT2D eigenvalue weighted by molar-refractivity contribution is -0.138. The van der Waals surface area contributed by atoms with E-state index in [1.807, 2.05) is 0 Å². The Morgan fingerprint density at radius 2 is 1.64 bits per heavy atom. The first-order valence-corrected chi connectivity index (χ1v) is 13.2. The van der Waals surface area contributed by atoms with Crippen LogP contribution in [-0.2, 0) is 11.0 Å². The van der Waals surface area contributed by atoms with Crippen LogP contribution in [0.3, 0.4) is 0 Å². The number of hydrogen-bond donors (Lipinski definition) is 2. The minimum Gasteiger partial charge on any atom is -0.486 e. The Kier molecular flexibility index (Phi) is 9.28. The van der Waals surface area contributed by atoms with E-state index in [-0.39, 0.29) is 18.5 Å². The molecule has 0 spiro atoms. The minimum atomic E-state index is -4.54. The van der Waals surface area contributed by atoms with Gasteiger partial charge in [-0.25, -0.2) is 0 Å². The van der Waals surface area contributed by atoms with Crippen LogP contribution in [0.15, 0.2) is 72.8 Å². The Balaban J connectivity index is 1.59. The monoisotopic (exact) mass is 539 g/mol. The number of alkyl halides is 3. The lowest BCUT2D eigenvalue weighted by Gasteiger charge is -2.28. The fourth-order valence-electron chi connectivity index (χ4n) is 5.08. The molecule has 3 aromatic rings. The maximum Gasteiger partial charge on any atom is 0.417 e. The fourth-order valence-corrected chi connectivity index (χ4v) is 5.08. The van der Waals surface area contributed by atoms with Crippen LogP contribution in [0.2, 0.25) is 0 Å². The highest BCUT2D eigenvalue weighted by molar-refractivity contribution is 5.94. The summed E-state index contributed by atoms with van der Waals surface area (Å²) in [5.74, 6) is -0.619. The van der Waals surface area contributed by atoms with Crippen molar-refractivity contribution >= 4 is 11.9 Å². The van der Waals surface area contributed by atoms with Crippen molar-refractivity contribution in [1.82, 2.24) is 5.32 Å². The highest BCUT2D eigenvalue weighted by Crippen LogP contribution is 2.41. The van der Waals surface area contributed by atoms with E-state index in [4.69, 9.17) is 9.84 Å². The molecule has 1 saturated carbocycles. The molecule has 2 N–H and O–H groups in total. The number of carboxylic acids is 1. The van der Waals surface area contributed by atoms with Gasteiger partial charge < -0.3 is 15.2 Å². The number of benzene rings is 3. The number of amides is 1. The molecule has 3 aromatic carbocycles. The lowest BCUT2D eigenvalue weighted by Crippen LogP contribution is -2.25. The van der Waals surface area contributed by atoms with Gasteiger partial charge in [0.25, 0.3) is 5.91 Å². The summed E-state index contributed by atoms with van der Waals surface area (Å²) in [5, 5.41) is 11.3. The molecule has 0 radical (unpaired) electrons. The van der Waals surface area contributed by atoms with Crippen LogP contribution in [-0.4, -0.2) is 23.5 Å². The molecule has 0 aromatic heterocycles. The second-order valence-corrected chi connectivity index (χ2v) is 9.94. The van der Waals surface area contributed by atoms with Crippen LogP contribution in [0.5, 0.6) is 5.75 Å². The molecule has 1 amide bonds. The second-order valence-electron chi connectivity index (χ2n) is 9.94. The highest BCUT2D eigenvalue weighted by Gasteiger charge is 2.35. The van der Waals surface area contributed by atoms with Gasteiger partial charge in [-0.05, 0) is 59.4 Å². The molecule has 8 heteroatoms. The van der Waals surface area contributed by atoms with Crippen LogP contribution < -0.4 is 10.1 Å². The van der Waals surface area contributed by atoms with Crippen molar-refractivity contribution in [3.8, 4) is 16.9 Å². The predicted octanol–water partition coefficient (Wildman–Crippen LogP) is 7.67. The highest BCUT2D eigenvalue weighted by atomic mass is 19.4. The number of ether oxygens (including phenoxy) is 1. The molecule has 5 nitrogen and oxygen atoms in total. The van der Waals surface area contributed by atoms with Gasteiger partial charge in [0.2, 0.25) is 0 Å².